The Morgan fingerprint density at radius 3 is 2.83 bits per heavy atom. The van der Waals surface area contributed by atoms with Crippen LogP contribution in [0.3, 0.4) is 0 Å². The Bertz CT molecular complexity index is 501. The summed E-state index contributed by atoms with van der Waals surface area (Å²) >= 11 is 0. The summed E-state index contributed by atoms with van der Waals surface area (Å²) in [7, 11) is 0. The molecule has 96 valence electrons. The van der Waals surface area contributed by atoms with Crippen LogP contribution in [0.1, 0.15) is 22.3 Å². The van der Waals surface area contributed by atoms with Crippen molar-refractivity contribution in [2.45, 2.75) is 19.4 Å². The Morgan fingerprint density at radius 1 is 1.56 bits per heavy atom. The highest BCUT2D eigenvalue weighted by atomic mass is 16.6. The number of hydrogen-bond donors (Lipinski definition) is 1. The van der Waals surface area contributed by atoms with Crippen LogP contribution in [0.2, 0.25) is 0 Å². The molecule has 0 aliphatic carbocycles. The second-order valence-corrected chi connectivity index (χ2v) is 4.56. The number of nitrogens with zero attached hydrogens (tertiary/aromatic N) is 2. The number of likely N-dealkylation sites (tertiary alicyclic amines) is 1. The van der Waals surface area contributed by atoms with Gasteiger partial charge in [-0.2, -0.15) is 0 Å². The van der Waals surface area contributed by atoms with Gasteiger partial charge >= 0.3 is 0 Å². The van der Waals surface area contributed by atoms with Crippen LogP contribution in [0.4, 0.5) is 5.69 Å². The largest absolute Gasteiger partial charge is 0.337 e. The molecule has 6 heteroatoms. The van der Waals surface area contributed by atoms with E-state index in [1.165, 1.54) is 6.07 Å². The number of nitrogens with two attached hydrogens (primary N) is 1. The molecule has 0 unspecified atom stereocenters. The summed E-state index contributed by atoms with van der Waals surface area (Å²) in [5.74, 6) is -0.189. The first-order chi connectivity index (χ1) is 8.49. The Morgan fingerprint density at radius 2 is 2.28 bits per heavy atom. The summed E-state index contributed by atoms with van der Waals surface area (Å²) in [6.07, 6.45) is 0.777. The SMILES string of the molecule is Cc1ccc(C(=O)N2CC[C@H](N)C2)cc1[N+](=O)[O-]. The van der Waals surface area contributed by atoms with Crippen LogP contribution >= 0.6 is 0 Å². The molecule has 1 heterocycles. The molecule has 1 aromatic carbocycles. The van der Waals surface area contributed by atoms with Crippen molar-refractivity contribution < 1.29 is 9.72 Å². The highest BCUT2D eigenvalue weighted by molar-refractivity contribution is 5.95. The first-order valence-electron chi connectivity index (χ1n) is 5.79. The monoisotopic (exact) mass is 249 g/mol. The van der Waals surface area contributed by atoms with Gasteiger partial charge in [-0.25, -0.2) is 0 Å². The average Bonchev–Trinajstić information content (AvgIpc) is 2.75. The lowest BCUT2D eigenvalue weighted by Crippen LogP contribution is -2.31. The van der Waals surface area contributed by atoms with E-state index < -0.39 is 4.92 Å². The van der Waals surface area contributed by atoms with E-state index in [9.17, 15) is 14.9 Å². The molecule has 2 rings (SSSR count). The zero-order valence-electron chi connectivity index (χ0n) is 10.1. The number of hydrogen-bond acceptors (Lipinski definition) is 4. The standard InChI is InChI=1S/C12H15N3O3/c1-8-2-3-9(6-11(8)15(17)18)12(16)14-5-4-10(13)7-14/h2-3,6,10H,4-5,7,13H2,1H3/t10-/m0/s1. The number of amides is 1. The summed E-state index contributed by atoms with van der Waals surface area (Å²) in [6.45, 7) is 2.78. The van der Waals surface area contributed by atoms with Gasteiger partial charge in [0.1, 0.15) is 0 Å². The van der Waals surface area contributed by atoms with Gasteiger partial charge in [-0.05, 0) is 19.4 Å². The molecule has 2 N–H and O–H groups in total. The second kappa shape index (κ2) is 4.73. The lowest BCUT2D eigenvalue weighted by Gasteiger charge is -2.15. The molecule has 1 aliphatic heterocycles. The fraction of sp³-hybridized carbons (Fsp3) is 0.417. The molecule has 1 fully saturated rings. The molecular formula is C12H15N3O3. The molecule has 1 aromatic rings. The molecule has 0 spiro atoms. The number of aryl methyl sites for hydroxylation is 1. The van der Waals surface area contributed by atoms with E-state index in [1.54, 1.807) is 24.0 Å². The number of benzene rings is 1. The van der Waals surface area contributed by atoms with E-state index in [1.807, 2.05) is 0 Å². The molecule has 0 bridgehead atoms. The Labute approximate surface area is 105 Å². The van der Waals surface area contributed by atoms with Crippen LogP contribution in [0, 0.1) is 17.0 Å². The molecule has 0 radical (unpaired) electrons. The van der Waals surface area contributed by atoms with E-state index in [4.69, 9.17) is 5.73 Å². The predicted octanol–water partition coefficient (Wildman–Crippen LogP) is 1.08. The van der Waals surface area contributed by atoms with Gasteiger partial charge in [0.25, 0.3) is 11.6 Å². The van der Waals surface area contributed by atoms with Gasteiger partial charge in [0.2, 0.25) is 0 Å². The van der Waals surface area contributed by atoms with Gasteiger partial charge < -0.3 is 10.6 Å². The van der Waals surface area contributed by atoms with E-state index in [-0.39, 0.29) is 17.6 Å². The van der Waals surface area contributed by atoms with E-state index in [0.717, 1.165) is 6.42 Å². The third kappa shape index (κ3) is 2.33. The minimum Gasteiger partial charge on any atom is -0.337 e. The number of rotatable bonds is 2. The molecule has 0 saturated carbocycles. The third-order valence-corrected chi connectivity index (χ3v) is 3.16. The van der Waals surface area contributed by atoms with Gasteiger partial charge in [-0.1, -0.05) is 6.07 Å². The molecule has 18 heavy (non-hydrogen) atoms. The lowest BCUT2D eigenvalue weighted by atomic mass is 10.1. The van der Waals surface area contributed by atoms with Crippen molar-refractivity contribution >= 4 is 11.6 Å². The van der Waals surface area contributed by atoms with Crippen LogP contribution in [0.15, 0.2) is 18.2 Å². The first kappa shape index (κ1) is 12.5. The zero-order valence-corrected chi connectivity index (χ0v) is 10.1. The fourth-order valence-electron chi connectivity index (χ4n) is 2.09. The molecule has 0 aromatic heterocycles. The summed E-state index contributed by atoms with van der Waals surface area (Å²) in [5.41, 5.74) is 6.62. The van der Waals surface area contributed by atoms with Gasteiger partial charge in [0.05, 0.1) is 4.92 Å². The second-order valence-electron chi connectivity index (χ2n) is 4.56. The van der Waals surface area contributed by atoms with Gasteiger partial charge in [-0.15, -0.1) is 0 Å². The lowest BCUT2D eigenvalue weighted by molar-refractivity contribution is -0.385. The molecule has 6 nitrogen and oxygen atoms in total. The van der Waals surface area contributed by atoms with Gasteiger partial charge in [-0.3, -0.25) is 14.9 Å². The zero-order chi connectivity index (χ0) is 13.3. The normalized spacial score (nSPS) is 19.0. The van der Waals surface area contributed by atoms with E-state index in [0.29, 0.717) is 24.2 Å². The maximum absolute atomic E-state index is 12.1. The van der Waals surface area contributed by atoms with Crippen molar-refractivity contribution in [1.82, 2.24) is 4.90 Å². The third-order valence-electron chi connectivity index (χ3n) is 3.16. The first-order valence-corrected chi connectivity index (χ1v) is 5.79. The smallest absolute Gasteiger partial charge is 0.273 e. The van der Waals surface area contributed by atoms with Crippen molar-refractivity contribution in [3.8, 4) is 0 Å². The fourth-order valence-corrected chi connectivity index (χ4v) is 2.09. The highest BCUT2D eigenvalue weighted by Crippen LogP contribution is 2.21. The number of carbonyl (C=O) groups excluding carboxylic acids is 1. The Hall–Kier alpha value is -1.95. The maximum Gasteiger partial charge on any atom is 0.273 e. The summed E-state index contributed by atoms with van der Waals surface area (Å²) < 4.78 is 0. The highest BCUT2D eigenvalue weighted by Gasteiger charge is 2.25. The van der Waals surface area contributed by atoms with Crippen LogP contribution in [-0.2, 0) is 0 Å². The molecule has 1 aliphatic rings. The van der Waals surface area contributed by atoms with Crippen molar-refractivity contribution in [1.29, 1.82) is 0 Å². The van der Waals surface area contributed by atoms with Crippen LogP contribution in [0.5, 0.6) is 0 Å². The number of carbonyl (C=O) groups is 1. The van der Waals surface area contributed by atoms with Gasteiger partial charge in [0.15, 0.2) is 0 Å². The molecule has 1 atom stereocenters. The average molecular weight is 249 g/mol. The van der Waals surface area contributed by atoms with Crippen molar-refractivity contribution in [2.75, 3.05) is 13.1 Å². The van der Waals surface area contributed by atoms with E-state index >= 15 is 0 Å². The molecule has 1 saturated heterocycles. The predicted molar refractivity (Wildman–Crippen MR) is 66.3 cm³/mol. The van der Waals surface area contributed by atoms with E-state index in [2.05, 4.69) is 0 Å². The Balaban J connectivity index is 2.26. The van der Waals surface area contributed by atoms with Gasteiger partial charge in [0, 0.05) is 36.3 Å². The van der Waals surface area contributed by atoms with Crippen LogP contribution < -0.4 is 5.73 Å². The molecule has 1 amide bonds. The minimum atomic E-state index is -0.470. The summed E-state index contributed by atoms with van der Waals surface area (Å²) in [6, 6.07) is 4.56. The summed E-state index contributed by atoms with van der Waals surface area (Å²) in [4.78, 5) is 24.1. The number of nitro groups is 1. The Kier molecular flexibility index (Phi) is 3.29. The number of nitro benzene ring substituents is 1. The minimum absolute atomic E-state index is 0.00869. The van der Waals surface area contributed by atoms with Crippen molar-refractivity contribution in [3.05, 3.63) is 39.4 Å². The maximum atomic E-state index is 12.1. The van der Waals surface area contributed by atoms with Crippen molar-refractivity contribution in [2.24, 2.45) is 5.73 Å². The van der Waals surface area contributed by atoms with Crippen LogP contribution in [-0.4, -0.2) is 34.9 Å². The molecular weight excluding hydrogens is 234 g/mol. The topological polar surface area (TPSA) is 89.5 Å². The quantitative estimate of drug-likeness (QED) is 0.627. The van der Waals surface area contributed by atoms with Crippen molar-refractivity contribution in [3.63, 3.8) is 0 Å². The summed E-state index contributed by atoms with van der Waals surface area (Å²) in [5, 5.41) is 10.8. The van der Waals surface area contributed by atoms with Crippen LogP contribution in [0.25, 0.3) is 0 Å².